The summed E-state index contributed by atoms with van der Waals surface area (Å²) in [6.45, 7) is 1.80. The van der Waals surface area contributed by atoms with Gasteiger partial charge < -0.3 is 14.5 Å². The van der Waals surface area contributed by atoms with Crippen LogP contribution in [-0.2, 0) is 16.1 Å². The van der Waals surface area contributed by atoms with Crippen molar-refractivity contribution in [3.63, 3.8) is 0 Å². The Morgan fingerprint density at radius 3 is 2.77 bits per heavy atom. The number of carbonyl (C=O) groups excluding carboxylic acids is 2. The van der Waals surface area contributed by atoms with Gasteiger partial charge in [-0.2, -0.15) is 0 Å². The highest BCUT2D eigenvalue weighted by molar-refractivity contribution is 5.86. The summed E-state index contributed by atoms with van der Waals surface area (Å²) < 4.78 is 19.4. The summed E-state index contributed by atoms with van der Waals surface area (Å²) in [6, 6.07) is 4.72. The van der Waals surface area contributed by atoms with Crippen LogP contribution >= 0.6 is 0 Å². The summed E-state index contributed by atoms with van der Waals surface area (Å²) in [4.78, 5) is 30.2. The molecule has 0 aliphatic carbocycles. The molecule has 3 heterocycles. The molecule has 3 fully saturated rings. The van der Waals surface area contributed by atoms with Crippen molar-refractivity contribution < 1.29 is 18.7 Å². The third-order valence-electron chi connectivity index (χ3n) is 5.32. The first-order valence-corrected chi connectivity index (χ1v) is 8.94. The first-order valence-electron chi connectivity index (χ1n) is 8.94. The fourth-order valence-electron chi connectivity index (χ4n) is 3.79. The van der Waals surface area contributed by atoms with Gasteiger partial charge in [0.15, 0.2) is 0 Å². The normalized spacial score (nSPS) is 23.1. The minimum absolute atomic E-state index is 0.00109. The van der Waals surface area contributed by atoms with E-state index < -0.39 is 0 Å². The van der Waals surface area contributed by atoms with E-state index in [9.17, 15) is 14.0 Å². The van der Waals surface area contributed by atoms with E-state index in [1.807, 2.05) is 0 Å². The van der Waals surface area contributed by atoms with Crippen LogP contribution in [0.15, 0.2) is 18.2 Å². The molecule has 26 heavy (non-hydrogen) atoms. The molecule has 1 aromatic rings. The second-order valence-electron chi connectivity index (χ2n) is 7.33. The predicted octanol–water partition coefficient (Wildman–Crippen LogP) is 1.35. The molecule has 0 unspecified atom stereocenters. The number of halogens is 1. The fraction of sp³-hybridized carbons (Fsp3) is 0.579. The van der Waals surface area contributed by atoms with E-state index in [1.54, 1.807) is 38.2 Å². The summed E-state index contributed by atoms with van der Waals surface area (Å²) in [5.74, 6) is 0.195. The smallest absolute Gasteiger partial charge is 0.241 e. The number of ether oxygens (including phenoxy) is 1. The van der Waals surface area contributed by atoms with Gasteiger partial charge >= 0.3 is 0 Å². The standard InChI is InChI=1S/C19H26FN3O3/c1-21(2)18(24)12-23-15-5-4-13(19(23)25)9-22(11-15)10-14-8-16(26-3)6-7-17(14)20/h6-8,13,15H,4-5,9-12H2,1-3H3/t13-,15+/m0/s1. The molecule has 0 N–H and O–H groups in total. The van der Waals surface area contributed by atoms with Crippen LogP contribution in [0.5, 0.6) is 5.75 Å². The number of rotatable bonds is 5. The molecule has 0 spiro atoms. The number of piperidine rings is 1. The van der Waals surface area contributed by atoms with Crippen molar-refractivity contribution in [2.75, 3.05) is 40.8 Å². The van der Waals surface area contributed by atoms with Gasteiger partial charge in [0.1, 0.15) is 18.1 Å². The van der Waals surface area contributed by atoms with Gasteiger partial charge in [0.25, 0.3) is 0 Å². The summed E-state index contributed by atoms with van der Waals surface area (Å²) in [5.41, 5.74) is 0.564. The highest BCUT2D eigenvalue weighted by Gasteiger charge is 2.41. The Hall–Kier alpha value is -2.15. The van der Waals surface area contributed by atoms with Gasteiger partial charge in [0.2, 0.25) is 11.8 Å². The zero-order valence-electron chi connectivity index (χ0n) is 15.6. The molecule has 4 rings (SSSR count). The average molecular weight is 363 g/mol. The maximum Gasteiger partial charge on any atom is 0.241 e. The number of hydrogen-bond acceptors (Lipinski definition) is 4. The lowest BCUT2D eigenvalue weighted by molar-refractivity contribution is -0.145. The van der Waals surface area contributed by atoms with E-state index in [4.69, 9.17) is 4.74 Å². The monoisotopic (exact) mass is 363 g/mol. The van der Waals surface area contributed by atoms with Crippen LogP contribution in [0.4, 0.5) is 4.39 Å². The summed E-state index contributed by atoms with van der Waals surface area (Å²) in [5, 5.41) is 0. The molecule has 6 nitrogen and oxygen atoms in total. The van der Waals surface area contributed by atoms with E-state index in [0.717, 1.165) is 12.8 Å². The molecular formula is C19H26FN3O3. The van der Waals surface area contributed by atoms with Gasteiger partial charge in [-0.1, -0.05) is 0 Å². The minimum Gasteiger partial charge on any atom is -0.497 e. The van der Waals surface area contributed by atoms with Crippen LogP contribution in [0.1, 0.15) is 18.4 Å². The Kier molecular flexibility index (Phi) is 5.46. The Morgan fingerprint density at radius 2 is 2.08 bits per heavy atom. The zero-order valence-corrected chi connectivity index (χ0v) is 15.6. The molecule has 1 aromatic carbocycles. The quantitative estimate of drug-likeness (QED) is 0.792. The Labute approximate surface area is 153 Å². The Balaban J connectivity index is 1.75. The highest BCUT2D eigenvalue weighted by atomic mass is 19.1. The molecule has 3 aliphatic heterocycles. The first kappa shape index (κ1) is 18.6. The summed E-state index contributed by atoms with van der Waals surface area (Å²) in [7, 11) is 4.95. The van der Waals surface area contributed by atoms with Gasteiger partial charge in [0.05, 0.1) is 13.0 Å². The summed E-state index contributed by atoms with van der Waals surface area (Å²) >= 11 is 0. The molecule has 2 bridgehead atoms. The van der Waals surface area contributed by atoms with Crippen LogP contribution < -0.4 is 4.74 Å². The van der Waals surface area contributed by atoms with E-state index in [2.05, 4.69) is 4.90 Å². The molecule has 2 amide bonds. The minimum atomic E-state index is -0.270. The van der Waals surface area contributed by atoms with Crippen molar-refractivity contribution in [3.05, 3.63) is 29.6 Å². The van der Waals surface area contributed by atoms with Crippen LogP contribution in [0.3, 0.4) is 0 Å². The van der Waals surface area contributed by atoms with E-state index in [-0.39, 0.29) is 36.1 Å². The molecule has 0 saturated carbocycles. The second kappa shape index (κ2) is 7.61. The molecule has 2 atom stereocenters. The number of likely N-dealkylation sites (N-methyl/N-ethyl adjacent to an activating group) is 1. The number of amides is 2. The average Bonchev–Trinajstić information content (AvgIpc) is 2.88. The van der Waals surface area contributed by atoms with E-state index in [1.165, 1.54) is 11.0 Å². The van der Waals surface area contributed by atoms with Crippen molar-refractivity contribution in [2.45, 2.75) is 25.4 Å². The maximum absolute atomic E-state index is 14.2. The van der Waals surface area contributed by atoms with E-state index >= 15 is 0 Å². The lowest BCUT2D eigenvalue weighted by Gasteiger charge is -2.36. The van der Waals surface area contributed by atoms with Crippen molar-refractivity contribution in [1.29, 1.82) is 0 Å². The number of hydrogen-bond donors (Lipinski definition) is 0. The van der Waals surface area contributed by atoms with Crippen LogP contribution in [0, 0.1) is 11.7 Å². The third kappa shape index (κ3) is 3.82. The van der Waals surface area contributed by atoms with Crippen molar-refractivity contribution >= 4 is 11.8 Å². The zero-order chi connectivity index (χ0) is 18.8. The van der Waals surface area contributed by atoms with Crippen molar-refractivity contribution in [3.8, 4) is 5.75 Å². The van der Waals surface area contributed by atoms with Crippen molar-refractivity contribution in [1.82, 2.24) is 14.7 Å². The number of fused-ring (bicyclic) bond motifs is 4. The maximum atomic E-state index is 14.2. The van der Waals surface area contributed by atoms with Crippen molar-refractivity contribution in [2.24, 2.45) is 5.92 Å². The SMILES string of the molecule is COc1ccc(F)c(CN2C[C@@H]3CC[C@H](C2)N(CC(=O)N(C)C)C3=O)c1. The number of benzene rings is 1. The number of nitrogens with zero attached hydrogens (tertiary/aromatic N) is 3. The largest absolute Gasteiger partial charge is 0.497 e. The van der Waals surface area contributed by atoms with Gasteiger partial charge in [-0.15, -0.1) is 0 Å². The molecule has 3 saturated heterocycles. The first-order chi connectivity index (χ1) is 12.4. The number of methoxy groups -OCH3 is 1. The van der Waals surface area contributed by atoms with Crippen LogP contribution in [0.2, 0.25) is 0 Å². The highest BCUT2D eigenvalue weighted by Crippen LogP contribution is 2.30. The van der Waals surface area contributed by atoms with E-state index in [0.29, 0.717) is 30.9 Å². The number of carbonyl (C=O) groups is 2. The molecule has 0 radical (unpaired) electrons. The van der Waals surface area contributed by atoms with Gasteiger partial charge in [0, 0.05) is 45.3 Å². The molecular weight excluding hydrogens is 337 g/mol. The Morgan fingerprint density at radius 1 is 1.31 bits per heavy atom. The fourth-order valence-corrected chi connectivity index (χ4v) is 3.79. The van der Waals surface area contributed by atoms with Gasteiger partial charge in [-0.05, 0) is 31.0 Å². The van der Waals surface area contributed by atoms with Gasteiger partial charge in [-0.25, -0.2) is 4.39 Å². The van der Waals surface area contributed by atoms with Crippen LogP contribution in [-0.4, -0.2) is 73.4 Å². The molecule has 7 heteroatoms. The predicted molar refractivity (Wildman–Crippen MR) is 95.1 cm³/mol. The lowest BCUT2D eigenvalue weighted by atomic mass is 9.94. The molecule has 142 valence electrons. The second-order valence-corrected chi connectivity index (χ2v) is 7.33. The Bertz CT molecular complexity index is 695. The molecule has 0 aromatic heterocycles. The van der Waals surface area contributed by atoms with Crippen LogP contribution in [0.25, 0.3) is 0 Å². The topological polar surface area (TPSA) is 53.1 Å². The molecule has 3 aliphatic rings. The van der Waals surface area contributed by atoms with Gasteiger partial charge in [-0.3, -0.25) is 14.5 Å². The lowest BCUT2D eigenvalue weighted by Crippen LogP contribution is -2.51. The third-order valence-corrected chi connectivity index (χ3v) is 5.32. The summed E-state index contributed by atoms with van der Waals surface area (Å²) in [6.07, 6.45) is 1.71.